The molecule has 180 valence electrons. The van der Waals surface area contributed by atoms with Crippen LogP contribution in [0.4, 0.5) is 0 Å². The minimum atomic E-state index is -0.369. The Morgan fingerprint density at radius 2 is 1.15 bits per heavy atom. The van der Waals surface area contributed by atoms with Gasteiger partial charge in [0.1, 0.15) is 0 Å². The predicted octanol–water partition coefficient (Wildman–Crippen LogP) is 6.01. The highest BCUT2D eigenvalue weighted by Gasteiger charge is 2.40. The molecule has 1 N–H and O–H groups in total. The molecule has 0 aliphatic heterocycles. The molecule has 34 heavy (non-hydrogen) atoms. The number of benzene rings is 3. The zero-order chi connectivity index (χ0) is 24.1. The molecule has 0 unspecified atom stereocenters. The van der Waals surface area contributed by atoms with Crippen molar-refractivity contribution in [1.29, 1.82) is 0 Å². The predicted molar refractivity (Wildman–Crippen MR) is 142 cm³/mol. The van der Waals surface area contributed by atoms with E-state index in [4.69, 9.17) is 0 Å². The van der Waals surface area contributed by atoms with Crippen LogP contribution in [0.2, 0.25) is 0 Å². The smallest absolute Gasteiger partial charge is 0.0850 e. The summed E-state index contributed by atoms with van der Waals surface area (Å²) >= 11 is 0. The first kappa shape index (κ1) is 24.7. The average molecular weight is 457 g/mol. The van der Waals surface area contributed by atoms with Crippen molar-refractivity contribution in [3.8, 4) is 0 Å². The van der Waals surface area contributed by atoms with Gasteiger partial charge in [-0.05, 0) is 47.6 Å². The van der Waals surface area contributed by atoms with Gasteiger partial charge in [0.05, 0.1) is 6.10 Å². The maximum absolute atomic E-state index is 11.5. The number of hydrogen-bond donors (Lipinski definition) is 1. The van der Waals surface area contributed by atoms with Gasteiger partial charge in [0.15, 0.2) is 0 Å². The van der Waals surface area contributed by atoms with E-state index < -0.39 is 0 Å². The molecule has 0 radical (unpaired) electrons. The summed E-state index contributed by atoms with van der Waals surface area (Å²) in [5, 5.41) is 11.5. The second-order valence-electron chi connectivity index (χ2n) is 10.9. The van der Waals surface area contributed by atoms with E-state index in [2.05, 4.69) is 123 Å². The molecule has 1 aliphatic carbocycles. The fourth-order valence-electron chi connectivity index (χ4n) is 5.26. The van der Waals surface area contributed by atoms with E-state index in [1.54, 1.807) is 0 Å². The fraction of sp³-hybridized carbons (Fsp3) is 0.419. The van der Waals surface area contributed by atoms with Crippen LogP contribution in [-0.4, -0.2) is 40.1 Å². The SMILES string of the molecule is CN(Cc1ccccc1)[C@H]1CC[C@H](N(Cc2ccccc2)Cc2ccc(C(C)(C)C)cc2)[C@H]1O. The van der Waals surface area contributed by atoms with Crippen LogP contribution < -0.4 is 0 Å². The van der Waals surface area contributed by atoms with E-state index in [1.807, 2.05) is 0 Å². The summed E-state index contributed by atoms with van der Waals surface area (Å²) in [6, 6.07) is 30.6. The maximum Gasteiger partial charge on any atom is 0.0850 e. The molecule has 1 aliphatic rings. The van der Waals surface area contributed by atoms with Crippen LogP contribution in [0, 0.1) is 0 Å². The summed E-state index contributed by atoms with van der Waals surface area (Å²) in [7, 11) is 2.15. The van der Waals surface area contributed by atoms with Gasteiger partial charge in [0.25, 0.3) is 0 Å². The minimum absolute atomic E-state index is 0.144. The lowest BCUT2D eigenvalue weighted by molar-refractivity contribution is 0.0182. The van der Waals surface area contributed by atoms with E-state index >= 15 is 0 Å². The second kappa shape index (κ2) is 10.9. The van der Waals surface area contributed by atoms with E-state index in [9.17, 15) is 5.11 Å². The summed E-state index contributed by atoms with van der Waals surface area (Å²) < 4.78 is 0. The van der Waals surface area contributed by atoms with Gasteiger partial charge in [0.2, 0.25) is 0 Å². The summed E-state index contributed by atoms with van der Waals surface area (Å²) in [5.74, 6) is 0. The summed E-state index contributed by atoms with van der Waals surface area (Å²) in [4.78, 5) is 4.82. The Morgan fingerprint density at radius 1 is 0.676 bits per heavy atom. The van der Waals surface area contributed by atoms with Crippen LogP contribution in [0.3, 0.4) is 0 Å². The summed E-state index contributed by atoms with van der Waals surface area (Å²) in [6.45, 7) is 9.32. The largest absolute Gasteiger partial charge is 0.390 e. The highest BCUT2D eigenvalue weighted by molar-refractivity contribution is 5.28. The lowest BCUT2D eigenvalue weighted by Gasteiger charge is -2.34. The van der Waals surface area contributed by atoms with Crippen LogP contribution in [0.25, 0.3) is 0 Å². The molecule has 1 fully saturated rings. The summed E-state index contributed by atoms with van der Waals surface area (Å²) in [5.41, 5.74) is 5.40. The van der Waals surface area contributed by atoms with Gasteiger partial charge in [-0.15, -0.1) is 0 Å². The third-order valence-electron chi connectivity index (χ3n) is 7.29. The molecule has 1 saturated carbocycles. The first-order valence-electron chi connectivity index (χ1n) is 12.6. The van der Waals surface area contributed by atoms with Crippen molar-refractivity contribution in [2.24, 2.45) is 0 Å². The molecule has 3 atom stereocenters. The van der Waals surface area contributed by atoms with Crippen molar-refractivity contribution in [3.05, 3.63) is 107 Å². The van der Waals surface area contributed by atoms with E-state index in [-0.39, 0.29) is 23.6 Å². The quantitative estimate of drug-likeness (QED) is 0.450. The molecule has 3 aromatic carbocycles. The Bertz CT molecular complexity index is 1010. The lowest BCUT2D eigenvalue weighted by atomic mass is 9.86. The normalized spacial score (nSPS) is 20.9. The fourth-order valence-corrected chi connectivity index (χ4v) is 5.26. The maximum atomic E-state index is 11.5. The van der Waals surface area contributed by atoms with Crippen LogP contribution in [0.5, 0.6) is 0 Å². The van der Waals surface area contributed by atoms with Crippen LogP contribution in [0.15, 0.2) is 84.9 Å². The molecule has 3 nitrogen and oxygen atoms in total. The molecule has 0 aromatic heterocycles. The topological polar surface area (TPSA) is 26.7 Å². The van der Waals surface area contributed by atoms with Crippen molar-refractivity contribution >= 4 is 0 Å². The number of hydrogen-bond acceptors (Lipinski definition) is 3. The van der Waals surface area contributed by atoms with Gasteiger partial charge >= 0.3 is 0 Å². The molecular weight excluding hydrogens is 416 g/mol. The van der Waals surface area contributed by atoms with E-state index in [1.165, 1.54) is 22.3 Å². The van der Waals surface area contributed by atoms with Crippen LogP contribution in [-0.2, 0) is 25.0 Å². The van der Waals surface area contributed by atoms with Crippen molar-refractivity contribution in [3.63, 3.8) is 0 Å². The Morgan fingerprint density at radius 3 is 1.68 bits per heavy atom. The van der Waals surface area contributed by atoms with Crippen molar-refractivity contribution < 1.29 is 5.11 Å². The van der Waals surface area contributed by atoms with Gasteiger partial charge in [-0.1, -0.05) is 106 Å². The average Bonchev–Trinajstić information content (AvgIpc) is 3.21. The first-order valence-corrected chi connectivity index (χ1v) is 12.6. The van der Waals surface area contributed by atoms with Gasteiger partial charge in [0, 0.05) is 31.7 Å². The van der Waals surface area contributed by atoms with Crippen molar-refractivity contribution in [2.75, 3.05) is 7.05 Å². The third-order valence-corrected chi connectivity index (χ3v) is 7.29. The minimum Gasteiger partial charge on any atom is -0.390 e. The van der Waals surface area contributed by atoms with Crippen LogP contribution >= 0.6 is 0 Å². The number of nitrogens with zero attached hydrogens (tertiary/aromatic N) is 2. The van der Waals surface area contributed by atoms with Gasteiger partial charge in [-0.2, -0.15) is 0 Å². The summed E-state index contributed by atoms with van der Waals surface area (Å²) in [6.07, 6.45) is 1.66. The Hall–Kier alpha value is -2.46. The highest BCUT2D eigenvalue weighted by atomic mass is 16.3. The zero-order valence-electron chi connectivity index (χ0n) is 21.2. The molecule has 0 amide bonds. The molecule has 0 bridgehead atoms. The number of likely N-dealkylation sites (N-methyl/N-ethyl adjacent to an activating group) is 1. The number of rotatable bonds is 8. The third kappa shape index (κ3) is 6.15. The molecule has 0 spiro atoms. The lowest BCUT2D eigenvalue weighted by Crippen LogP contribution is -2.47. The molecular formula is C31H40N2O. The highest BCUT2D eigenvalue weighted by Crippen LogP contribution is 2.31. The number of aliphatic hydroxyl groups is 1. The molecule has 0 saturated heterocycles. The second-order valence-corrected chi connectivity index (χ2v) is 10.9. The monoisotopic (exact) mass is 456 g/mol. The van der Waals surface area contributed by atoms with Crippen LogP contribution in [0.1, 0.15) is 55.9 Å². The molecule has 0 heterocycles. The zero-order valence-corrected chi connectivity index (χ0v) is 21.2. The molecule has 3 aromatic rings. The Kier molecular flexibility index (Phi) is 7.88. The van der Waals surface area contributed by atoms with Gasteiger partial charge < -0.3 is 5.11 Å². The van der Waals surface area contributed by atoms with E-state index in [0.29, 0.717) is 0 Å². The standard InChI is InChI=1S/C31H40N2O/c1-31(2,3)27-17-15-26(16-18-27)23-33(22-25-13-9-6-10-14-25)29-20-19-28(30(29)34)32(4)21-24-11-7-5-8-12-24/h5-18,28-30,34H,19-23H2,1-4H3/t28-,29-,30-/m0/s1. The Labute approximate surface area is 206 Å². The van der Waals surface area contributed by atoms with Gasteiger partial charge in [-0.25, -0.2) is 0 Å². The van der Waals surface area contributed by atoms with E-state index in [0.717, 1.165) is 32.5 Å². The first-order chi connectivity index (χ1) is 16.3. The molecule has 3 heteroatoms. The van der Waals surface area contributed by atoms with Gasteiger partial charge in [-0.3, -0.25) is 9.80 Å². The number of aliphatic hydroxyl groups excluding tert-OH is 1. The Balaban J connectivity index is 1.50. The van der Waals surface area contributed by atoms with Crippen molar-refractivity contribution in [2.45, 2.75) is 76.8 Å². The molecule has 4 rings (SSSR count). The van der Waals surface area contributed by atoms with Crippen molar-refractivity contribution in [1.82, 2.24) is 9.80 Å².